The Kier molecular flexibility index (Phi) is 0.682. The van der Waals surface area contributed by atoms with Crippen LogP contribution in [-0.4, -0.2) is 0 Å². The predicted octanol–water partition coefficient (Wildman–Crippen LogP) is 2.43. The van der Waals surface area contributed by atoms with Gasteiger partial charge >= 0.3 is 0 Å². The molecule has 0 bridgehead atoms. The minimum atomic E-state index is 1.27. The van der Waals surface area contributed by atoms with Crippen molar-refractivity contribution in [1.82, 2.24) is 0 Å². The summed E-state index contributed by atoms with van der Waals surface area (Å²) in [6, 6.07) is 0. The first-order valence-corrected chi connectivity index (χ1v) is 3.26. The van der Waals surface area contributed by atoms with Gasteiger partial charge in [0.25, 0.3) is 0 Å². The highest BCUT2D eigenvalue weighted by molar-refractivity contribution is 5.48. The lowest BCUT2D eigenvalue weighted by molar-refractivity contribution is 0.988. The Bertz CT molecular complexity index is 182. The largest absolute Gasteiger partial charge is 0.0766 e. The van der Waals surface area contributed by atoms with Gasteiger partial charge in [0, 0.05) is 0 Å². The molecule has 2 aliphatic carbocycles. The van der Waals surface area contributed by atoms with Crippen molar-refractivity contribution in [2.75, 3.05) is 0 Å². The molecule has 0 spiro atoms. The summed E-state index contributed by atoms with van der Waals surface area (Å²) in [6.07, 6.45) is 6.29. The summed E-state index contributed by atoms with van der Waals surface area (Å²) >= 11 is 0. The van der Waals surface area contributed by atoms with Gasteiger partial charge in [0.15, 0.2) is 0 Å². The van der Waals surface area contributed by atoms with Crippen LogP contribution in [0.5, 0.6) is 0 Å². The van der Waals surface area contributed by atoms with Gasteiger partial charge in [-0.2, -0.15) is 0 Å². The molecule has 0 saturated heterocycles. The van der Waals surface area contributed by atoms with Crippen molar-refractivity contribution in [3.8, 4) is 0 Å². The van der Waals surface area contributed by atoms with Crippen LogP contribution in [0.15, 0.2) is 22.8 Å². The fraction of sp³-hybridized carbons (Fsp3) is 0.500. The molecule has 0 radical (unpaired) electrons. The van der Waals surface area contributed by atoms with Crippen LogP contribution in [0.3, 0.4) is 0 Å². The third kappa shape index (κ3) is 0.360. The average Bonchev–Trinajstić information content (AvgIpc) is 1.80. The standard InChI is InChI=1S/C8H10/c1-6-2-3-7-4-5-8(6)7/h4H,2-3,5H2,1H3. The number of rotatable bonds is 0. The highest BCUT2D eigenvalue weighted by Gasteiger charge is 2.20. The number of fused-ring (bicyclic) bond motifs is 1. The maximum Gasteiger partial charge on any atom is -0.00895 e. The van der Waals surface area contributed by atoms with Gasteiger partial charge < -0.3 is 0 Å². The molecule has 0 nitrogen and oxygen atoms in total. The molecule has 2 rings (SSSR count). The summed E-state index contributed by atoms with van der Waals surface area (Å²) in [6.45, 7) is 2.26. The predicted molar refractivity (Wildman–Crippen MR) is 34.6 cm³/mol. The van der Waals surface area contributed by atoms with Crippen molar-refractivity contribution < 1.29 is 0 Å². The van der Waals surface area contributed by atoms with Gasteiger partial charge in [-0.15, -0.1) is 0 Å². The lowest BCUT2D eigenvalue weighted by atomic mass is 9.93. The molecular formula is C8H10. The molecule has 42 valence electrons. The summed E-state index contributed by atoms with van der Waals surface area (Å²) < 4.78 is 0. The first kappa shape index (κ1) is 4.37. The molecule has 0 aromatic carbocycles. The second kappa shape index (κ2) is 1.25. The Hall–Kier alpha value is -0.520. The van der Waals surface area contributed by atoms with E-state index in [0.29, 0.717) is 0 Å². The van der Waals surface area contributed by atoms with Crippen molar-refractivity contribution >= 4 is 0 Å². The maximum atomic E-state index is 2.35. The van der Waals surface area contributed by atoms with Crippen molar-refractivity contribution in [1.29, 1.82) is 0 Å². The molecule has 0 saturated carbocycles. The smallest absolute Gasteiger partial charge is 0.00895 e. The molecule has 0 unspecified atom stereocenters. The Balaban J connectivity index is 2.46. The summed E-state index contributed by atoms with van der Waals surface area (Å²) in [5.74, 6) is 0. The van der Waals surface area contributed by atoms with Crippen molar-refractivity contribution in [2.24, 2.45) is 0 Å². The minimum Gasteiger partial charge on any atom is -0.0766 e. The molecule has 0 fully saturated rings. The Morgan fingerprint density at radius 2 is 2.25 bits per heavy atom. The van der Waals surface area contributed by atoms with Crippen molar-refractivity contribution in [3.05, 3.63) is 22.8 Å². The van der Waals surface area contributed by atoms with Crippen LogP contribution >= 0.6 is 0 Å². The van der Waals surface area contributed by atoms with E-state index >= 15 is 0 Å². The second-order valence-corrected chi connectivity index (χ2v) is 2.69. The molecule has 0 aliphatic heterocycles. The summed E-state index contributed by atoms with van der Waals surface area (Å²) in [7, 11) is 0. The Labute approximate surface area is 49.9 Å². The van der Waals surface area contributed by atoms with E-state index in [0.717, 1.165) is 0 Å². The first-order chi connectivity index (χ1) is 3.88. The zero-order valence-electron chi connectivity index (χ0n) is 5.20. The van der Waals surface area contributed by atoms with Gasteiger partial charge in [0.1, 0.15) is 0 Å². The van der Waals surface area contributed by atoms with E-state index in [4.69, 9.17) is 0 Å². The zero-order chi connectivity index (χ0) is 5.56. The number of allylic oxidation sites excluding steroid dienone is 4. The van der Waals surface area contributed by atoms with Gasteiger partial charge in [-0.05, 0) is 37.3 Å². The van der Waals surface area contributed by atoms with E-state index in [9.17, 15) is 0 Å². The number of hydrogen-bond donors (Lipinski definition) is 0. The molecule has 0 aromatic heterocycles. The Morgan fingerprint density at radius 1 is 1.38 bits per heavy atom. The van der Waals surface area contributed by atoms with Crippen LogP contribution in [0.2, 0.25) is 0 Å². The van der Waals surface area contributed by atoms with Crippen LogP contribution in [0.1, 0.15) is 26.2 Å². The summed E-state index contributed by atoms with van der Waals surface area (Å²) in [4.78, 5) is 0. The van der Waals surface area contributed by atoms with Crippen LogP contribution in [0, 0.1) is 0 Å². The molecule has 0 aromatic rings. The van der Waals surface area contributed by atoms with E-state index < -0.39 is 0 Å². The lowest BCUT2D eigenvalue weighted by Crippen LogP contribution is -1.93. The van der Waals surface area contributed by atoms with Crippen LogP contribution in [-0.2, 0) is 0 Å². The van der Waals surface area contributed by atoms with E-state index in [1.165, 1.54) is 19.3 Å². The summed E-state index contributed by atoms with van der Waals surface area (Å²) in [5, 5.41) is 0. The van der Waals surface area contributed by atoms with Gasteiger partial charge in [-0.25, -0.2) is 0 Å². The SMILES string of the molecule is CC1=C2CC=C2CC1. The van der Waals surface area contributed by atoms with Crippen molar-refractivity contribution in [2.45, 2.75) is 26.2 Å². The summed E-state index contributed by atoms with van der Waals surface area (Å²) in [5.41, 5.74) is 4.95. The van der Waals surface area contributed by atoms with E-state index in [1.807, 2.05) is 0 Å². The number of hydrogen-bond acceptors (Lipinski definition) is 0. The highest BCUT2D eigenvalue weighted by atomic mass is 14.3. The third-order valence-electron chi connectivity index (χ3n) is 2.22. The Morgan fingerprint density at radius 3 is 2.50 bits per heavy atom. The van der Waals surface area contributed by atoms with E-state index in [2.05, 4.69) is 13.0 Å². The molecule has 8 heavy (non-hydrogen) atoms. The quantitative estimate of drug-likeness (QED) is 0.445. The fourth-order valence-corrected chi connectivity index (χ4v) is 1.52. The lowest BCUT2D eigenvalue weighted by Gasteiger charge is -2.12. The van der Waals surface area contributed by atoms with Crippen LogP contribution < -0.4 is 0 Å². The van der Waals surface area contributed by atoms with Crippen molar-refractivity contribution in [3.63, 3.8) is 0 Å². The van der Waals surface area contributed by atoms with Gasteiger partial charge in [0.2, 0.25) is 0 Å². The molecule has 0 amide bonds. The van der Waals surface area contributed by atoms with Crippen LogP contribution in [0.25, 0.3) is 0 Å². The fourth-order valence-electron chi connectivity index (χ4n) is 1.52. The molecule has 0 atom stereocenters. The average molecular weight is 106 g/mol. The minimum absolute atomic E-state index is 1.27. The van der Waals surface area contributed by atoms with Crippen LogP contribution in [0.4, 0.5) is 0 Å². The zero-order valence-corrected chi connectivity index (χ0v) is 5.20. The normalized spacial score (nSPS) is 24.9. The first-order valence-electron chi connectivity index (χ1n) is 3.26. The highest BCUT2D eigenvalue weighted by Crippen LogP contribution is 2.40. The monoisotopic (exact) mass is 106 g/mol. The van der Waals surface area contributed by atoms with E-state index in [1.54, 1.807) is 16.7 Å². The van der Waals surface area contributed by atoms with Gasteiger partial charge in [-0.3, -0.25) is 0 Å². The van der Waals surface area contributed by atoms with E-state index in [-0.39, 0.29) is 0 Å². The molecule has 2 aliphatic rings. The maximum absolute atomic E-state index is 2.35. The second-order valence-electron chi connectivity index (χ2n) is 2.69. The molecule has 0 N–H and O–H groups in total. The third-order valence-corrected chi connectivity index (χ3v) is 2.22. The molecule has 0 heteroatoms. The van der Waals surface area contributed by atoms with Gasteiger partial charge in [0.05, 0.1) is 0 Å². The molecular weight excluding hydrogens is 96.1 g/mol. The topological polar surface area (TPSA) is 0 Å². The van der Waals surface area contributed by atoms with Gasteiger partial charge in [-0.1, -0.05) is 11.6 Å². The molecule has 0 heterocycles.